The largest absolute Gasteiger partial charge is 0.465 e. The van der Waals surface area contributed by atoms with Crippen molar-refractivity contribution in [2.24, 2.45) is 0 Å². The minimum atomic E-state index is -0.249. The molecule has 0 aliphatic carbocycles. The Balaban J connectivity index is 2.58. The maximum absolute atomic E-state index is 11.1. The van der Waals surface area contributed by atoms with Crippen molar-refractivity contribution < 1.29 is 9.53 Å². The molecule has 0 N–H and O–H groups in total. The fourth-order valence-corrected chi connectivity index (χ4v) is 2.16. The summed E-state index contributed by atoms with van der Waals surface area (Å²) in [4.78, 5) is 12.3. The summed E-state index contributed by atoms with van der Waals surface area (Å²) in [5.41, 5.74) is 0.664. The van der Waals surface area contributed by atoms with Gasteiger partial charge in [-0.3, -0.25) is 0 Å². The SMILES string of the molecule is COC(=O)c1csc(CCCBr)c1. The number of halogens is 1. The van der Waals surface area contributed by atoms with Gasteiger partial charge in [-0.05, 0) is 18.9 Å². The fourth-order valence-electron chi connectivity index (χ4n) is 0.978. The number of rotatable bonds is 4. The summed E-state index contributed by atoms with van der Waals surface area (Å²) in [6, 6.07) is 1.90. The monoisotopic (exact) mass is 262 g/mol. The molecule has 0 amide bonds. The average molecular weight is 263 g/mol. The van der Waals surface area contributed by atoms with E-state index in [0.29, 0.717) is 5.56 Å². The first-order valence-corrected chi connectivity index (χ1v) is 5.99. The molecule has 1 rings (SSSR count). The normalized spacial score (nSPS) is 10.0. The zero-order valence-electron chi connectivity index (χ0n) is 7.38. The number of hydrogen-bond donors (Lipinski definition) is 0. The van der Waals surface area contributed by atoms with Gasteiger partial charge in [0.25, 0.3) is 0 Å². The van der Waals surface area contributed by atoms with Gasteiger partial charge in [-0.15, -0.1) is 11.3 Å². The zero-order valence-corrected chi connectivity index (χ0v) is 9.78. The van der Waals surface area contributed by atoms with E-state index in [4.69, 9.17) is 0 Å². The molecule has 13 heavy (non-hydrogen) atoms. The van der Waals surface area contributed by atoms with E-state index in [-0.39, 0.29) is 5.97 Å². The van der Waals surface area contributed by atoms with Crippen LogP contribution in [0.3, 0.4) is 0 Å². The molecule has 0 saturated heterocycles. The van der Waals surface area contributed by atoms with Crippen molar-refractivity contribution in [1.29, 1.82) is 0 Å². The molecule has 1 aromatic rings. The van der Waals surface area contributed by atoms with Crippen LogP contribution in [0, 0.1) is 0 Å². The van der Waals surface area contributed by atoms with E-state index in [1.54, 1.807) is 11.3 Å². The Morgan fingerprint density at radius 1 is 1.69 bits per heavy atom. The number of thiophene rings is 1. The molecule has 72 valence electrons. The highest BCUT2D eigenvalue weighted by molar-refractivity contribution is 9.09. The van der Waals surface area contributed by atoms with Crippen molar-refractivity contribution in [2.45, 2.75) is 12.8 Å². The highest BCUT2D eigenvalue weighted by atomic mass is 79.9. The summed E-state index contributed by atoms with van der Waals surface area (Å²) >= 11 is 4.98. The summed E-state index contributed by atoms with van der Waals surface area (Å²) in [6.07, 6.45) is 2.12. The highest BCUT2D eigenvalue weighted by Gasteiger charge is 2.07. The minimum absolute atomic E-state index is 0.249. The number of esters is 1. The maximum Gasteiger partial charge on any atom is 0.338 e. The smallest absolute Gasteiger partial charge is 0.338 e. The van der Waals surface area contributed by atoms with Crippen LogP contribution in [-0.4, -0.2) is 18.4 Å². The van der Waals surface area contributed by atoms with Crippen LogP contribution in [0.5, 0.6) is 0 Å². The van der Waals surface area contributed by atoms with Gasteiger partial charge in [-0.25, -0.2) is 4.79 Å². The van der Waals surface area contributed by atoms with E-state index in [1.165, 1.54) is 12.0 Å². The quantitative estimate of drug-likeness (QED) is 0.616. The molecule has 0 bridgehead atoms. The molecular weight excluding hydrogens is 252 g/mol. The van der Waals surface area contributed by atoms with Gasteiger partial charge in [-0.2, -0.15) is 0 Å². The molecule has 1 aromatic heterocycles. The highest BCUT2D eigenvalue weighted by Crippen LogP contribution is 2.17. The number of alkyl halides is 1. The standard InChI is InChI=1S/C9H11BrO2S/c1-12-9(11)7-5-8(13-6-7)3-2-4-10/h5-6H,2-4H2,1H3. The Morgan fingerprint density at radius 3 is 3.08 bits per heavy atom. The molecule has 0 spiro atoms. The van der Waals surface area contributed by atoms with Gasteiger partial charge in [0.2, 0.25) is 0 Å². The number of ether oxygens (including phenoxy) is 1. The third kappa shape index (κ3) is 3.12. The van der Waals surface area contributed by atoms with Crippen LogP contribution in [-0.2, 0) is 11.2 Å². The average Bonchev–Trinajstić information content (AvgIpc) is 2.62. The lowest BCUT2D eigenvalue weighted by atomic mass is 10.2. The molecule has 0 aromatic carbocycles. The number of methoxy groups -OCH3 is 1. The fraction of sp³-hybridized carbons (Fsp3) is 0.444. The van der Waals surface area contributed by atoms with Gasteiger partial charge < -0.3 is 4.74 Å². The van der Waals surface area contributed by atoms with Crippen molar-refractivity contribution in [1.82, 2.24) is 0 Å². The van der Waals surface area contributed by atoms with E-state index in [9.17, 15) is 4.79 Å². The maximum atomic E-state index is 11.1. The van der Waals surface area contributed by atoms with Crippen molar-refractivity contribution >= 4 is 33.2 Å². The Labute approximate surface area is 90.0 Å². The van der Waals surface area contributed by atoms with Gasteiger partial charge in [0, 0.05) is 15.6 Å². The second kappa shape index (κ2) is 5.40. The molecule has 0 unspecified atom stereocenters. The number of carbonyl (C=O) groups excluding carboxylic acids is 1. The molecular formula is C9H11BrO2S. The van der Waals surface area contributed by atoms with E-state index in [0.717, 1.165) is 18.2 Å². The number of aryl methyl sites for hydroxylation is 1. The van der Waals surface area contributed by atoms with E-state index in [1.807, 2.05) is 11.4 Å². The lowest BCUT2D eigenvalue weighted by molar-refractivity contribution is 0.0601. The summed E-state index contributed by atoms with van der Waals surface area (Å²) in [6.45, 7) is 0. The van der Waals surface area contributed by atoms with Crippen molar-refractivity contribution in [2.75, 3.05) is 12.4 Å². The van der Waals surface area contributed by atoms with Crippen LogP contribution in [0.25, 0.3) is 0 Å². The van der Waals surface area contributed by atoms with Crippen LogP contribution in [0.15, 0.2) is 11.4 Å². The molecule has 2 nitrogen and oxygen atoms in total. The lowest BCUT2D eigenvalue weighted by Crippen LogP contribution is -1.98. The van der Waals surface area contributed by atoms with Crippen molar-refractivity contribution in [3.05, 3.63) is 21.9 Å². The molecule has 0 saturated carbocycles. The Morgan fingerprint density at radius 2 is 2.46 bits per heavy atom. The van der Waals surface area contributed by atoms with Crippen LogP contribution in [0.4, 0.5) is 0 Å². The predicted octanol–water partition coefficient (Wildman–Crippen LogP) is 2.86. The van der Waals surface area contributed by atoms with Crippen LogP contribution in [0.1, 0.15) is 21.7 Å². The summed E-state index contributed by atoms with van der Waals surface area (Å²) in [5, 5.41) is 2.84. The van der Waals surface area contributed by atoms with Crippen LogP contribution in [0.2, 0.25) is 0 Å². The topological polar surface area (TPSA) is 26.3 Å². The first-order valence-electron chi connectivity index (χ1n) is 3.99. The lowest BCUT2D eigenvalue weighted by Gasteiger charge is -1.93. The van der Waals surface area contributed by atoms with E-state index < -0.39 is 0 Å². The van der Waals surface area contributed by atoms with Crippen molar-refractivity contribution in [3.63, 3.8) is 0 Å². The first-order chi connectivity index (χ1) is 6.27. The Kier molecular flexibility index (Phi) is 4.45. The van der Waals surface area contributed by atoms with Gasteiger partial charge >= 0.3 is 5.97 Å². The van der Waals surface area contributed by atoms with Crippen molar-refractivity contribution in [3.8, 4) is 0 Å². The minimum Gasteiger partial charge on any atom is -0.465 e. The van der Waals surface area contributed by atoms with E-state index in [2.05, 4.69) is 20.7 Å². The molecule has 0 atom stereocenters. The summed E-state index contributed by atoms with van der Waals surface area (Å²) in [7, 11) is 1.40. The third-order valence-corrected chi connectivity index (χ3v) is 3.19. The number of carbonyl (C=O) groups is 1. The van der Waals surface area contributed by atoms with Crippen LogP contribution >= 0.6 is 27.3 Å². The Bertz CT molecular complexity index is 283. The third-order valence-electron chi connectivity index (χ3n) is 1.63. The van der Waals surface area contributed by atoms with Gasteiger partial charge in [-0.1, -0.05) is 15.9 Å². The molecule has 0 radical (unpaired) electrons. The molecule has 0 aliphatic rings. The first kappa shape index (κ1) is 10.7. The van der Waals surface area contributed by atoms with Crippen LogP contribution < -0.4 is 0 Å². The number of hydrogen-bond acceptors (Lipinski definition) is 3. The van der Waals surface area contributed by atoms with Gasteiger partial charge in [0.15, 0.2) is 0 Å². The zero-order chi connectivity index (χ0) is 9.68. The molecule has 0 aliphatic heterocycles. The predicted molar refractivity (Wildman–Crippen MR) is 57.8 cm³/mol. The second-order valence-corrected chi connectivity index (χ2v) is 4.37. The summed E-state index contributed by atoms with van der Waals surface area (Å²) in [5.74, 6) is -0.249. The Hall–Kier alpha value is -0.350. The van der Waals surface area contributed by atoms with Gasteiger partial charge in [0.1, 0.15) is 0 Å². The van der Waals surface area contributed by atoms with Gasteiger partial charge in [0.05, 0.1) is 12.7 Å². The molecule has 1 heterocycles. The second-order valence-electron chi connectivity index (χ2n) is 2.59. The molecule has 4 heteroatoms. The molecule has 0 fully saturated rings. The summed E-state index contributed by atoms with van der Waals surface area (Å²) < 4.78 is 4.61. The van der Waals surface area contributed by atoms with E-state index >= 15 is 0 Å².